The van der Waals surface area contributed by atoms with Crippen LogP contribution >= 0.6 is 0 Å². The minimum Gasteiger partial charge on any atom is -0.461 e. The van der Waals surface area contributed by atoms with E-state index in [4.69, 9.17) is 4.74 Å². The average molecular weight is 170 g/mol. The number of likely N-dealkylation sites (N-methyl/N-ethyl adjacent to an activating group) is 1. The minimum atomic E-state index is -0.176. The maximum Gasteiger partial charge on any atom is 0.321 e. The summed E-state index contributed by atoms with van der Waals surface area (Å²) in [6, 6.07) is 0. The van der Waals surface area contributed by atoms with Crippen molar-refractivity contribution < 1.29 is 9.53 Å². The normalized spacial score (nSPS) is 19.1. The molecule has 1 rings (SSSR count). The van der Waals surface area contributed by atoms with E-state index in [1.807, 2.05) is 0 Å². The molecule has 0 aromatic carbocycles. The first kappa shape index (κ1) is 9.52. The molecule has 0 aliphatic heterocycles. The van der Waals surface area contributed by atoms with Gasteiger partial charge < -0.3 is 4.74 Å². The Morgan fingerprint density at radius 2 is 2.08 bits per heavy atom. The molecule has 0 aromatic heterocycles. The van der Waals surface area contributed by atoms with Crippen LogP contribution < -0.4 is 5.32 Å². The smallest absolute Gasteiger partial charge is 0.321 e. The lowest BCUT2D eigenvalue weighted by atomic mass is 9.98. The van der Waals surface area contributed by atoms with Crippen molar-refractivity contribution in [3.63, 3.8) is 0 Å². The monoisotopic (exact) mass is 170 g/mol. The van der Waals surface area contributed by atoms with Gasteiger partial charge in [0, 0.05) is 7.05 Å². The molecule has 1 fully saturated rings. The highest BCUT2D eigenvalue weighted by Gasteiger charge is 2.16. The SMILES string of the molecule is C[N]CC(=O)OC1CCCCC1. The van der Waals surface area contributed by atoms with Gasteiger partial charge in [-0.05, 0) is 25.7 Å². The molecule has 0 unspecified atom stereocenters. The van der Waals surface area contributed by atoms with Crippen LogP contribution in [0.1, 0.15) is 32.1 Å². The Balaban J connectivity index is 2.15. The van der Waals surface area contributed by atoms with Crippen LogP contribution in [0.25, 0.3) is 0 Å². The number of nitrogens with zero attached hydrogens (tertiary/aromatic N) is 1. The number of hydrogen-bond acceptors (Lipinski definition) is 2. The van der Waals surface area contributed by atoms with Crippen LogP contribution in [0.15, 0.2) is 0 Å². The summed E-state index contributed by atoms with van der Waals surface area (Å²) in [6.45, 7) is 0.205. The van der Waals surface area contributed by atoms with E-state index >= 15 is 0 Å². The van der Waals surface area contributed by atoms with Gasteiger partial charge in [-0.25, -0.2) is 5.32 Å². The molecule has 1 saturated carbocycles. The molecular weight excluding hydrogens is 154 g/mol. The minimum absolute atomic E-state index is 0.174. The first-order valence-electron chi connectivity index (χ1n) is 4.58. The van der Waals surface area contributed by atoms with E-state index < -0.39 is 0 Å². The molecule has 0 aromatic rings. The molecule has 3 nitrogen and oxygen atoms in total. The summed E-state index contributed by atoms with van der Waals surface area (Å²) in [5, 5.41) is 3.73. The molecule has 0 heterocycles. The molecule has 0 spiro atoms. The third-order valence-corrected chi connectivity index (χ3v) is 2.14. The molecule has 1 radical (unpaired) electrons. The molecule has 1 aliphatic rings. The number of hydrogen-bond donors (Lipinski definition) is 0. The fourth-order valence-corrected chi connectivity index (χ4v) is 1.54. The van der Waals surface area contributed by atoms with Crippen LogP contribution in [0.2, 0.25) is 0 Å². The molecular formula is C9H16NO2. The van der Waals surface area contributed by atoms with Crippen LogP contribution in [-0.2, 0) is 9.53 Å². The summed E-state index contributed by atoms with van der Waals surface area (Å²) >= 11 is 0. The van der Waals surface area contributed by atoms with E-state index in [9.17, 15) is 4.79 Å². The molecule has 0 saturated heterocycles. The quantitative estimate of drug-likeness (QED) is 0.595. The third-order valence-electron chi connectivity index (χ3n) is 2.14. The largest absolute Gasteiger partial charge is 0.461 e. The summed E-state index contributed by atoms with van der Waals surface area (Å²) in [5.41, 5.74) is 0. The van der Waals surface area contributed by atoms with E-state index in [1.54, 1.807) is 7.05 Å². The standard InChI is InChI=1S/C9H16NO2/c1-10-7-9(11)12-8-5-3-2-4-6-8/h8H,2-7H2,1H3. The topological polar surface area (TPSA) is 40.4 Å². The van der Waals surface area contributed by atoms with Crippen LogP contribution in [0, 0.1) is 0 Å². The number of ether oxygens (including phenoxy) is 1. The summed E-state index contributed by atoms with van der Waals surface area (Å²) in [5.74, 6) is -0.176. The van der Waals surface area contributed by atoms with E-state index in [2.05, 4.69) is 5.32 Å². The van der Waals surface area contributed by atoms with Crippen molar-refractivity contribution >= 4 is 5.97 Å². The van der Waals surface area contributed by atoms with Gasteiger partial charge in [-0.2, -0.15) is 0 Å². The van der Waals surface area contributed by atoms with Crippen molar-refractivity contribution in [3.05, 3.63) is 0 Å². The Morgan fingerprint density at radius 1 is 1.42 bits per heavy atom. The van der Waals surface area contributed by atoms with E-state index in [-0.39, 0.29) is 18.6 Å². The number of carbonyl (C=O) groups is 1. The maximum absolute atomic E-state index is 11.0. The molecule has 69 valence electrons. The van der Waals surface area contributed by atoms with Crippen LogP contribution in [0.5, 0.6) is 0 Å². The number of esters is 1. The van der Waals surface area contributed by atoms with Crippen molar-refractivity contribution in [2.75, 3.05) is 13.6 Å². The van der Waals surface area contributed by atoms with Gasteiger partial charge in [-0.1, -0.05) is 6.42 Å². The van der Waals surface area contributed by atoms with Gasteiger partial charge in [0.2, 0.25) is 0 Å². The fourth-order valence-electron chi connectivity index (χ4n) is 1.54. The molecule has 1 aliphatic carbocycles. The zero-order valence-corrected chi connectivity index (χ0v) is 7.58. The van der Waals surface area contributed by atoms with E-state index in [0.717, 1.165) is 12.8 Å². The predicted octanol–water partition coefficient (Wildman–Crippen LogP) is 1.10. The second-order valence-corrected chi connectivity index (χ2v) is 3.22. The molecule has 0 amide bonds. The van der Waals surface area contributed by atoms with Gasteiger partial charge in [0.25, 0.3) is 0 Å². The number of rotatable bonds is 3. The fraction of sp³-hybridized carbons (Fsp3) is 0.889. The van der Waals surface area contributed by atoms with Gasteiger partial charge in [-0.15, -0.1) is 0 Å². The van der Waals surface area contributed by atoms with Gasteiger partial charge in [0.1, 0.15) is 12.6 Å². The highest BCUT2D eigenvalue weighted by atomic mass is 16.5. The first-order chi connectivity index (χ1) is 5.83. The van der Waals surface area contributed by atoms with E-state index in [1.165, 1.54) is 19.3 Å². The third kappa shape index (κ3) is 3.22. The summed E-state index contributed by atoms with van der Waals surface area (Å²) in [7, 11) is 1.63. The zero-order valence-electron chi connectivity index (χ0n) is 7.58. The van der Waals surface area contributed by atoms with E-state index in [0.29, 0.717) is 0 Å². The van der Waals surface area contributed by atoms with Crippen LogP contribution in [-0.4, -0.2) is 25.7 Å². The summed E-state index contributed by atoms with van der Waals surface area (Å²) < 4.78 is 5.20. The van der Waals surface area contributed by atoms with Gasteiger partial charge in [-0.3, -0.25) is 4.79 Å². The lowest BCUT2D eigenvalue weighted by Gasteiger charge is -2.21. The van der Waals surface area contributed by atoms with Crippen LogP contribution in [0.3, 0.4) is 0 Å². The highest BCUT2D eigenvalue weighted by molar-refractivity contribution is 5.71. The Kier molecular flexibility index (Phi) is 4.08. The zero-order chi connectivity index (χ0) is 8.81. The second-order valence-electron chi connectivity index (χ2n) is 3.22. The van der Waals surface area contributed by atoms with Crippen molar-refractivity contribution in [1.82, 2.24) is 5.32 Å². The summed E-state index contributed by atoms with van der Waals surface area (Å²) in [4.78, 5) is 11.0. The molecule has 0 N–H and O–H groups in total. The summed E-state index contributed by atoms with van der Waals surface area (Å²) in [6.07, 6.45) is 5.92. The predicted molar refractivity (Wildman–Crippen MR) is 45.9 cm³/mol. The van der Waals surface area contributed by atoms with Crippen LogP contribution in [0.4, 0.5) is 0 Å². The van der Waals surface area contributed by atoms with Gasteiger partial charge in [0.15, 0.2) is 0 Å². The molecule has 0 bridgehead atoms. The molecule has 12 heavy (non-hydrogen) atoms. The van der Waals surface area contributed by atoms with Gasteiger partial charge >= 0.3 is 5.97 Å². The Bertz CT molecular complexity index is 141. The van der Waals surface area contributed by atoms with Gasteiger partial charge in [0.05, 0.1) is 0 Å². The Labute approximate surface area is 73.5 Å². The average Bonchev–Trinajstić information content (AvgIpc) is 2.06. The van der Waals surface area contributed by atoms with Crippen molar-refractivity contribution in [2.45, 2.75) is 38.2 Å². The maximum atomic E-state index is 11.0. The lowest BCUT2D eigenvalue weighted by molar-refractivity contribution is -0.149. The Hall–Kier alpha value is -0.570. The van der Waals surface area contributed by atoms with Crippen molar-refractivity contribution in [3.8, 4) is 0 Å². The second kappa shape index (κ2) is 5.14. The highest BCUT2D eigenvalue weighted by Crippen LogP contribution is 2.20. The number of carbonyl (C=O) groups excluding carboxylic acids is 1. The molecule has 3 heteroatoms. The van der Waals surface area contributed by atoms with Crippen molar-refractivity contribution in [2.24, 2.45) is 0 Å². The lowest BCUT2D eigenvalue weighted by Crippen LogP contribution is -2.25. The molecule has 0 atom stereocenters. The first-order valence-corrected chi connectivity index (χ1v) is 4.58. The van der Waals surface area contributed by atoms with Crippen molar-refractivity contribution in [1.29, 1.82) is 0 Å². The Morgan fingerprint density at radius 3 is 2.67 bits per heavy atom.